The van der Waals surface area contributed by atoms with Gasteiger partial charge in [-0.3, -0.25) is 9.69 Å². The summed E-state index contributed by atoms with van der Waals surface area (Å²) in [6.07, 6.45) is 2.65. The Hall–Kier alpha value is -1.65. The molecule has 116 valence electrons. The van der Waals surface area contributed by atoms with E-state index < -0.39 is 0 Å². The molecule has 0 bridgehead atoms. The fourth-order valence-electron chi connectivity index (χ4n) is 2.75. The quantitative estimate of drug-likeness (QED) is 0.751. The third kappa shape index (κ3) is 3.76. The lowest BCUT2D eigenvalue weighted by Crippen LogP contribution is -2.18. The molecule has 0 spiro atoms. The number of Topliss-reactive ketones (excluding diaryl/α,β-unsaturated/α-hetero) is 1. The van der Waals surface area contributed by atoms with E-state index in [-0.39, 0.29) is 5.78 Å². The molecule has 0 aliphatic carbocycles. The van der Waals surface area contributed by atoms with E-state index in [1.807, 2.05) is 10.8 Å². The standard InChI is InChI=1S/C18H21NO2S/c1-14(20)17-12-22-13-18(17)21-11-16-6-4-15(5-7-16)10-19-8-2-3-9-19/h4-7,12-13H,2-3,8-11H2,1H3. The van der Waals surface area contributed by atoms with Gasteiger partial charge in [-0.25, -0.2) is 0 Å². The van der Waals surface area contributed by atoms with Gasteiger partial charge in [-0.15, -0.1) is 11.3 Å². The molecule has 4 heteroatoms. The number of hydrogen-bond donors (Lipinski definition) is 0. The highest BCUT2D eigenvalue weighted by Gasteiger charge is 2.12. The molecule has 0 radical (unpaired) electrons. The van der Waals surface area contributed by atoms with E-state index in [0.717, 1.165) is 12.1 Å². The van der Waals surface area contributed by atoms with Crippen LogP contribution in [-0.4, -0.2) is 23.8 Å². The Morgan fingerprint density at radius 2 is 1.82 bits per heavy atom. The number of likely N-dealkylation sites (tertiary alicyclic amines) is 1. The summed E-state index contributed by atoms with van der Waals surface area (Å²) in [5, 5.41) is 3.73. The molecule has 0 amide bonds. The maximum atomic E-state index is 11.5. The largest absolute Gasteiger partial charge is 0.487 e. The number of ether oxygens (including phenoxy) is 1. The third-order valence-electron chi connectivity index (χ3n) is 4.03. The molecule has 1 aromatic carbocycles. The SMILES string of the molecule is CC(=O)c1cscc1OCc1ccc(CN2CCCC2)cc1. The zero-order chi connectivity index (χ0) is 15.4. The predicted octanol–water partition coefficient (Wildman–Crippen LogP) is 4.13. The van der Waals surface area contributed by atoms with Crippen LogP contribution < -0.4 is 4.74 Å². The van der Waals surface area contributed by atoms with Gasteiger partial charge in [-0.2, -0.15) is 0 Å². The van der Waals surface area contributed by atoms with Crippen LogP contribution in [0.2, 0.25) is 0 Å². The van der Waals surface area contributed by atoms with Crippen LogP contribution in [0.4, 0.5) is 0 Å². The molecular weight excluding hydrogens is 294 g/mol. The van der Waals surface area contributed by atoms with Crippen LogP contribution in [0.5, 0.6) is 5.75 Å². The number of nitrogens with zero attached hydrogens (tertiary/aromatic N) is 1. The molecule has 1 fully saturated rings. The minimum absolute atomic E-state index is 0.0530. The molecule has 0 unspecified atom stereocenters. The number of ketones is 1. The Morgan fingerprint density at radius 1 is 1.14 bits per heavy atom. The second kappa shape index (κ2) is 7.07. The van der Waals surface area contributed by atoms with Gasteiger partial charge in [0.05, 0.1) is 5.56 Å². The van der Waals surface area contributed by atoms with E-state index in [4.69, 9.17) is 4.74 Å². The highest BCUT2D eigenvalue weighted by molar-refractivity contribution is 7.08. The molecule has 0 atom stereocenters. The first-order valence-electron chi connectivity index (χ1n) is 7.72. The molecule has 2 aromatic rings. The summed E-state index contributed by atoms with van der Waals surface area (Å²) in [4.78, 5) is 14.0. The topological polar surface area (TPSA) is 29.5 Å². The zero-order valence-corrected chi connectivity index (χ0v) is 13.7. The van der Waals surface area contributed by atoms with E-state index in [0.29, 0.717) is 17.9 Å². The van der Waals surface area contributed by atoms with Crippen LogP contribution in [0, 0.1) is 0 Å². The van der Waals surface area contributed by atoms with Crippen molar-refractivity contribution < 1.29 is 9.53 Å². The average molecular weight is 315 g/mol. The van der Waals surface area contributed by atoms with Crippen molar-refractivity contribution in [2.75, 3.05) is 13.1 Å². The van der Waals surface area contributed by atoms with Crippen LogP contribution in [0.3, 0.4) is 0 Å². The molecule has 0 N–H and O–H groups in total. The smallest absolute Gasteiger partial charge is 0.164 e. The lowest BCUT2D eigenvalue weighted by atomic mass is 10.1. The average Bonchev–Trinajstić information content (AvgIpc) is 3.17. The number of benzene rings is 1. The second-order valence-electron chi connectivity index (χ2n) is 5.79. The van der Waals surface area contributed by atoms with Crippen molar-refractivity contribution in [1.29, 1.82) is 0 Å². The van der Waals surface area contributed by atoms with Crippen molar-refractivity contribution in [2.24, 2.45) is 0 Å². The van der Waals surface area contributed by atoms with Crippen molar-refractivity contribution in [3.05, 3.63) is 51.7 Å². The summed E-state index contributed by atoms with van der Waals surface area (Å²) in [6, 6.07) is 8.59. The van der Waals surface area contributed by atoms with Gasteiger partial charge in [-0.1, -0.05) is 24.3 Å². The summed E-state index contributed by atoms with van der Waals surface area (Å²) in [7, 11) is 0. The number of carbonyl (C=O) groups excluding carboxylic acids is 1. The first-order valence-corrected chi connectivity index (χ1v) is 8.67. The molecule has 22 heavy (non-hydrogen) atoms. The van der Waals surface area contributed by atoms with Gasteiger partial charge in [0, 0.05) is 17.3 Å². The monoisotopic (exact) mass is 315 g/mol. The maximum absolute atomic E-state index is 11.5. The third-order valence-corrected chi connectivity index (χ3v) is 4.75. The first kappa shape index (κ1) is 15.3. The summed E-state index contributed by atoms with van der Waals surface area (Å²) in [6.45, 7) is 5.55. The molecular formula is C18H21NO2S. The van der Waals surface area contributed by atoms with Crippen LogP contribution in [0.25, 0.3) is 0 Å². The summed E-state index contributed by atoms with van der Waals surface area (Å²) in [5.41, 5.74) is 3.16. The normalized spacial score (nSPS) is 15.1. The van der Waals surface area contributed by atoms with Crippen LogP contribution in [-0.2, 0) is 13.2 Å². The van der Waals surface area contributed by atoms with Gasteiger partial charge in [0.2, 0.25) is 0 Å². The van der Waals surface area contributed by atoms with Gasteiger partial charge < -0.3 is 4.74 Å². The Kier molecular flexibility index (Phi) is 4.90. The zero-order valence-electron chi connectivity index (χ0n) is 12.9. The van der Waals surface area contributed by atoms with Crippen molar-refractivity contribution in [1.82, 2.24) is 4.90 Å². The highest BCUT2D eigenvalue weighted by Crippen LogP contribution is 2.25. The van der Waals surface area contributed by atoms with Crippen molar-refractivity contribution >= 4 is 17.1 Å². The summed E-state index contributed by atoms with van der Waals surface area (Å²) >= 11 is 1.50. The number of thiophene rings is 1. The first-order chi connectivity index (χ1) is 10.7. The minimum Gasteiger partial charge on any atom is -0.487 e. The van der Waals surface area contributed by atoms with Crippen molar-refractivity contribution in [3.63, 3.8) is 0 Å². The molecule has 2 heterocycles. The molecule has 3 nitrogen and oxygen atoms in total. The summed E-state index contributed by atoms with van der Waals surface area (Å²) < 4.78 is 5.78. The van der Waals surface area contributed by atoms with Gasteiger partial charge in [0.15, 0.2) is 5.78 Å². The van der Waals surface area contributed by atoms with Gasteiger partial charge in [-0.05, 0) is 44.0 Å². The Balaban J connectivity index is 1.56. The Labute approximate surface area is 135 Å². The van der Waals surface area contributed by atoms with Crippen molar-refractivity contribution in [2.45, 2.75) is 32.9 Å². The van der Waals surface area contributed by atoms with E-state index in [1.54, 1.807) is 6.92 Å². The maximum Gasteiger partial charge on any atom is 0.164 e. The molecule has 0 saturated carbocycles. The van der Waals surface area contributed by atoms with E-state index in [9.17, 15) is 4.79 Å². The Morgan fingerprint density at radius 3 is 2.50 bits per heavy atom. The number of carbonyl (C=O) groups is 1. The van der Waals surface area contributed by atoms with Gasteiger partial charge >= 0.3 is 0 Å². The van der Waals surface area contributed by atoms with Crippen LogP contribution in [0.1, 0.15) is 41.3 Å². The summed E-state index contributed by atoms with van der Waals surface area (Å²) in [5.74, 6) is 0.746. The molecule has 3 rings (SSSR count). The highest BCUT2D eigenvalue weighted by atomic mass is 32.1. The molecule has 1 aromatic heterocycles. The van der Waals surface area contributed by atoms with Gasteiger partial charge in [0.1, 0.15) is 12.4 Å². The fourth-order valence-corrected chi connectivity index (χ4v) is 3.56. The minimum atomic E-state index is 0.0530. The fraction of sp³-hybridized carbons (Fsp3) is 0.389. The van der Waals surface area contributed by atoms with Crippen LogP contribution >= 0.6 is 11.3 Å². The molecule has 1 aliphatic rings. The number of hydrogen-bond acceptors (Lipinski definition) is 4. The lowest BCUT2D eigenvalue weighted by Gasteiger charge is -2.14. The molecule has 1 aliphatic heterocycles. The van der Waals surface area contributed by atoms with Crippen LogP contribution in [0.15, 0.2) is 35.0 Å². The van der Waals surface area contributed by atoms with E-state index >= 15 is 0 Å². The van der Waals surface area contributed by atoms with E-state index in [2.05, 4.69) is 29.2 Å². The van der Waals surface area contributed by atoms with E-state index in [1.165, 1.54) is 42.8 Å². The van der Waals surface area contributed by atoms with Crippen molar-refractivity contribution in [3.8, 4) is 5.75 Å². The second-order valence-corrected chi connectivity index (χ2v) is 6.54. The Bertz CT molecular complexity index is 627. The van der Waals surface area contributed by atoms with Gasteiger partial charge in [0.25, 0.3) is 0 Å². The number of rotatable bonds is 6. The molecule has 1 saturated heterocycles. The lowest BCUT2D eigenvalue weighted by molar-refractivity contribution is 0.101. The predicted molar refractivity (Wildman–Crippen MR) is 89.6 cm³/mol.